The van der Waals surface area contributed by atoms with E-state index in [1.54, 1.807) is 12.4 Å². The van der Waals surface area contributed by atoms with E-state index in [2.05, 4.69) is 9.97 Å². The summed E-state index contributed by atoms with van der Waals surface area (Å²) in [5.74, 6) is -0.357. The molecule has 0 bridgehead atoms. The molecule has 5 heteroatoms. The molecule has 0 aliphatic heterocycles. The number of nitrogens with zero attached hydrogens (tertiary/aromatic N) is 3. The molecule has 3 heterocycles. The molecule has 4 nitrogen and oxygen atoms in total. The number of hydrogen-bond acceptors (Lipinski definition) is 3. The number of pyridine rings is 2. The monoisotopic (exact) mass is 257 g/mol. The lowest BCUT2D eigenvalue weighted by Crippen LogP contribution is -2.00. The van der Waals surface area contributed by atoms with Crippen LogP contribution in [0.15, 0.2) is 43.0 Å². The van der Waals surface area contributed by atoms with Gasteiger partial charge in [-0.1, -0.05) is 0 Å². The number of halogens is 1. The largest absolute Gasteiger partial charge is 0.392 e. The van der Waals surface area contributed by atoms with E-state index in [1.165, 1.54) is 12.3 Å². The molecule has 0 unspecified atom stereocenters. The van der Waals surface area contributed by atoms with Crippen molar-refractivity contribution >= 4 is 11.0 Å². The first kappa shape index (κ1) is 11.8. The van der Waals surface area contributed by atoms with Gasteiger partial charge in [-0.05, 0) is 23.8 Å². The normalized spacial score (nSPS) is 11.1. The average molecular weight is 257 g/mol. The molecule has 0 atom stereocenters. The van der Waals surface area contributed by atoms with Gasteiger partial charge in [0.05, 0.1) is 19.3 Å². The Morgan fingerprint density at radius 1 is 1.32 bits per heavy atom. The highest BCUT2D eigenvalue weighted by Gasteiger charge is 2.09. The molecule has 0 saturated heterocycles. The first-order valence-corrected chi connectivity index (χ1v) is 5.91. The summed E-state index contributed by atoms with van der Waals surface area (Å²) in [6, 6.07) is 5.18. The molecule has 1 N–H and O–H groups in total. The van der Waals surface area contributed by atoms with Crippen LogP contribution in [0.1, 0.15) is 11.1 Å². The third-order valence-corrected chi connectivity index (χ3v) is 3.00. The minimum Gasteiger partial charge on any atom is -0.392 e. The number of rotatable bonds is 3. The number of aliphatic hydroxyl groups excluding tert-OH is 1. The summed E-state index contributed by atoms with van der Waals surface area (Å²) >= 11 is 0. The lowest BCUT2D eigenvalue weighted by molar-refractivity contribution is 0.283. The van der Waals surface area contributed by atoms with Crippen LogP contribution in [0.5, 0.6) is 0 Å². The van der Waals surface area contributed by atoms with E-state index in [4.69, 9.17) is 0 Å². The van der Waals surface area contributed by atoms with E-state index < -0.39 is 0 Å². The van der Waals surface area contributed by atoms with E-state index >= 15 is 0 Å². The molecule has 0 aliphatic rings. The predicted octanol–water partition coefficient (Wildman–Crippen LogP) is 2.11. The van der Waals surface area contributed by atoms with Crippen molar-refractivity contribution in [3.05, 3.63) is 59.9 Å². The highest BCUT2D eigenvalue weighted by Crippen LogP contribution is 2.20. The van der Waals surface area contributed by atoms with Gasteiger partial charge in [0.25, 0.3) is 0 Å². The van der Waals surface area contributed by atoms with E-state index in [-0.39, 0.29) is 12.4 Å². The molecule has 0 aliphatic carbocycles. The maximum absolute atomic E-state index is 13.1. The lowest BCUT2D eigenvalue weighted by Gasteiger charge is -2.04. The van der Waals surface area contributed by atoms with Crippen molar-refractivity contribution in [2.24, 2.45) is 0 Å². The molecular formula is C14H12FN3O. The van der Waals surface area contributed by atoms with Crippen LogP contribution in [0.25, 0.3) is 11.0 Å². The highest BCUT2D eigenvalue weighted by molar-refractivity contribution is 5.80. The Hall–Kier alpha value is -2.27. The average Bonchev–Trinajstić information content (AvgIpc) is 2.77. The molecule has 96 valence electrons. The molecule has 0 aromatic carbocycles. The van der Waals surface area contributed by atoms with Crippen LogP contribution in [-0.4, -0.2) is 19.6 Å². The van der Waals surface area contributed by atoms with E-state index in [9.17, 15) is 9.50 Å². The zero-order valence-electron chi connectivity index (χ0n) is 10.1. The summed E-state index contributed by atoms with van der Waals surface area (Å²) in [5.41, 5.74) is 2.34. The number of aliphatic hydroxyl groups is 1. The van der Waals surface area contributed by atoms with Crippen molar-refractivity contribution in [1.29, 1.82) is 0 Å². The van der Waals surface area contributed by atoms with Crippen molar-refractivity contribution in [3.8, 4) is 0 Å². The van der Waals surface area contributed by atoms with Crippen LogP contribution in [0.2, 0.25) is 0 Å². The Balaban J connectivity index is 2.06. The van der Waals surface area contributed by atoms with Crippen molar-refractivity contribution in [2.45, 2.75) is 13.2 Å². The maximum Gasteiger partial charge on any atom is 0.141 e. The summed E-state index contributed by atoms with van der Waals surface area (Å²) in [6.07, 6.45) is 6.33. The van der Waals surface area contributed by atoms with Crippen LogP contribution in [0.3, 0.4) is 0 Å². The molecule has 0 amide bonds. The van der Waals surface area contributed by atoms with Crippen LogP contribution >= 0.6 is 0 Å². The first-order valence-electron chi connectivity index (χ1n) is 5.91. The van der Waals surface area contributed by atoms with Gasteiger partial charge in [0.1, 0.15) is 11.5 Å². The predicted molar refractivity (Wildman–Crippen MR) is 69.0 cm³/mol. The fourth-order valence-corrected chi connectivity index (χ4v) is 2.18. The Kier molecular flexibility index (Phi) is 2.97. The van der Waals surface area contributed by atoms with Crippen molar-refractivity contribution in [2.75, 3.05) is 0 Å². The zero-order chi connectivity index (χ0) is 13.2. The van der Waals surface area contributed by atoms with Crippen molar-refractivity contribution < 1.29 is 9.50 Å². The van der Waals surface area contributed by atoms with Gasteiger partial charge < -0.3 is 9.67 Å². The second-order valence-electron chi connectivity index (χ2n) is 4.33. The van der Waals surface area contributed by atoms with Crippen molar-refractivity contribution in [1.82, 2.24) is 14.5 Å². The van der Waals surface area contributed by atoms with Crippen LogP contribution in [0.4, 0.5) is 4.39 Å². The van der Waals surface area contributed by atoms with Gasteiger partial charge in [-0.25, -0.2) is 9.37 Å². The maximum atomic E-state index is 13.1. The summed E-state index contributed by atoms with van der Waals surface area (Å²) in [6.45, 7) is 0.425. The number of hydrogen-bond donors (Lipinski definition) is 1. The minimum absolute atomic E-state index is 0.0450. The number of aromatic nitrogens is 3. The second-order valence-corrected chi connectivity index (χ2v) is 4.33. The standard InChI is InChI=1S/C14H12FN3O/c15-12-4-10(5-16-6-12)7-18-8-11(9-19)13-2-1-3-17-14(13)18/h1-6,8,19H,7,9H2. The molecular weight excluding hydrogens is 245 g/mol. The molecule has 19 heavy (non-hydrogen) atoms. The highest BCUT2D eigenvalue weighted by atomic mass is 19.1. The van der Waals surface area contributed by atoms with Gasteiger partial charge in [0.15, 0.2) is 0 Å². The molecule has 3 aromatic rings. The van der Waals surface area contributed by atoms with E-state index in [0.717, 1.165) is 22.2 Å². The smallest absolute Gasteiger partial charge is 0.141 e. The summed E-state index contributed by atoms with van der Waals surface area (Å²) in [7, 11) is 0. The Labute approximate surface area is 109 Å². The van der Waals surface area contributed by atoms with E-state index in [1.807, 2.05) is 22.9 Å². The third-order valence-electron chi connectivity index (χ3n) is 3.00. The molecule has 3 aromatic heterocycles. The Bertz CT molecular complexity index is 724. The topological polar surface area (TPSA) is 50.9 Å². The first-order chi connectivity index (χ1) is 9.28. The minimum atomic E-state index is -0.357. The molecule has 0 radical (unpaired) electrons. The van der Waals surface area contributed by atoms with Gasteiger partial charge in [0, 0.05) is 29.5 Å². The van der Waals surface area contributed by atoms with Gasteiger partial charge in [-0.2, -0.15) is 0 Å². The summed E-state index contributed by atoms with van der Waals surface area (Å²) in [4.78, 5) is 8.14. The lowest BCUT2D eigenvalue weighted by atomic mass is 10.2. The zero-order valence-corrected chi connectivity index (χ0v) is 10.1. The molecule has 0 spiro atoms. The van der Waals surface area contributed by atoms with Crippen LogP contribution in [-0.2, 0) is 13.2 Å². The molecule has 0 fully saturated rings. The van der Waals surface area contributed by atoms with Crippen LogP contribution in [0, 0.1) is 5.82 Å². The van der Waals surface area contributed by atoms with Gasteiger partial charge >= 0.3 is 0 Å². The third kappa shape index (κ3) is 2.20. The fourth-order valence-electron chi connectivity index (χ4n) is 2.18. The van der Waals surface area contributed by atoms with Crippen LogP contribution < -0.4 is 0 Å². The summed E-state index contributed by atoms with van der Waals surface area (Å²) < 4.78 is 15.0. The number of fused-ring (bicyclic) bond motifs is 1. The quantitative estimate of drug-likeness (QED) is 0.781. The second kappa shape index (κ2) is 4.78. The van der Waals surface area contributed by atoms with Gasteiger partial charge in [-0.3, -0.25) is 4.98 Å². The van der Waals surface area contributed by atoms with E-state index in [0.29, 0.717) is 6.54 Å². The van der Waals surface area contributed by atoms with Gasteiger partial charge in [-0.15, -0.1) is 0 Å². The summed E-state index contributed by atoms with van der Waals surface area (Å²) in [5, 5.41) is 10.3. The Morgan fingerprint density at radius 2 is 2.21 bits per heavy atom. The molecule has 3 rings (SSSR count). The SMILES string of the molecule is OCc1cn(Cc2cncc(F)c2)c2ncccc12. The molecule has 0 saturated carbocycles. The fraction of sp³-hybridized carbons (Fsp3) is 0.143. The Morgan fingerprint density at radius 3 is 3.00 bits per heavy atom. The van der Waals surface area contributed by atoms with Crippen molar-refractivity contribution in [3.63, 3.8) is 0 Å². The van der Waals surface area contributed by atoms with Gasteiger partial charge in [0.2, 0.25) is 0 Å².